The van der Waals surface area contributed by atoms with E-state index in [0.29, 0.717) is 31.9 Å². The molecule has 1 fully saturated rings. The van der Waals surface area contributed by atoms with Crippen LogP contribution in [0.2, 0.25) is 0 Å². The van der Waals surface area contributed by atoms with Crippen molar-refractivity contribution in [3.8, 4) is 0 Å². The molecule has 0 N–H and O–H groups in total. The molecule has 0 spiro atoms. The zero-order chi connectivity index (χ0) is 12.3. The van der Waals surface area contributed by atoms with Crippen LogP contribution in [0.3, 0.4) is 0 Å². The zero-order valence-corrected chi connectivity index (χ0v) is 9.86. The summed E-state index contributed by atoms with van der Waals surface area (Å²) < 4.78 is 18.8. The van der Waals surface area contributed by atoms with Crippen LogP contribution >= 0.6 is 0 Å². The molecular weight excluding hydrogens is 221 g/mol. The fraction of sp³-hybridized carbons (Fsp3) is 0.462. The number of carbonyl (C=O) groups excluding carboxylic acids is 1. The Morgan fingerprint density at radius 1 is 1.35 bits per heavy atom. The summed E-state index contributed by atoms with van der Waals surface area (Å²) in [5.41, 5.74) is 0.462. The Balaban J connectivity index is 2.11. The molecule has 4 heteroatoms. The molecule has 0 aromatic heterocycles. The lowest BCUT2D eigenvalue weighted by Gasteiger charge is -2.29. The summed E-state index contributed by atoms with van der Waals surface area (Å²) >= 11 is 0. The lowest BCUT2D eigenvalue weighted by molar-refractivity contribution is -0.136. The quantitative estimate of drug-likeness (QED) is 0.784. The summed E-state index contributed by atoms with van der Waals surface area (Å²) in [6.07, 6.45) is 0. The predicted molar refractivity (Wildman–Crippen MR) is 62.2 cm³/mol. The number of rotatable bonds is 2. The molecule has 1 unspecified atom stereocenters. The van der Waals surface area contributed by atoms with Crippen LogP contribution in [0.15, 0.2) is 24.3 Å². The summed E-state index contributed by atoms with van der Waals surface area (Å²) in [6, 6.07) is 6.43. The van der Waals surface area contributed by atoms with E-state index in [-0.39, 0.29) is 11.7 Å². The Bertz CT molecular complexity index is 402. The zero-order valence-electron chi connectivity index (χ0n) is 9.86. The minimum atomic E-state index is -0.436. The normalized spacial score (nSPS) is 17.9. The van der Waals surface area contributed by atoms with Gasteiger partial charge in [0.15, 0.2) is 0 Å². The Morgan fingerprint density at radius 2 is 2.00 bits per heavy atom. The molecule has 17 heavy (non-hydrogen) atoms. The third-order valence-electron chi connectivity index (χ3n) is 3.06. The summed E-state index contributed by atoms with van der Waals surface area (Å²) in [4.78, 5) is 13.9. The van der Waals surface area contributed by atoms with E-state index in [0.717, 1.165) is 0 Å². The first-order valence-corrected chi connectivity index (χ1v) is 5.81. The van der Waals surface area contributed by atoms with Gasteiger partial charge in [-0.2, -0.15) is 0 Å². The monoisotopic (exact) mass is 237 g/mol. The number of morpholine rings is 1. The largest absolute Gasteiger partial charge is 0.378 e. The van der Waals surface area contributed by atoms with Crippen LogP contribution in [0.1, 0.15) is 18.4 Å². The molecule has 1 amide bonds. The van der Waals surface area contributed by atoms with Gasteiger partial charge in [-0.25, -0.2) is 4.39 Å². The van der Waals surface area contributed by atoms with Crippen molar-refractivity contribution in [1.82, 2.24) is 4.90 Å². The van der Waals surface area contributed by atoms with Crippen molar-refractivity contribution in [3.05, 3.63) is 35.6 Å². The van der Waals surface area contributed by atoms with Gasteiger partial charge in [-0.1, -0.05) is 18.2 Å². The number of hydrogen-bond donors (Lipinski definition) is 0. The van der Waals surface area contributed by atoms with E-state index in [4.69, 9.17) is 4.74 Å². The molecular formula is C13H16FNO2. The van der Waals surface area contributed by atoms with Crippen LogP contribution in [0.4, 0.5) is 4.39 Å². The molecule has 1 aliphatic rings. The molecule has 1 heterocycles. The number of amides is 1. The smallest absolute Gasteiger partial charge is 0.230 e. The van der Waals surface area contributed by atoms with E-state index >= 15 is 0 Å². The van der Waals surface area contributed by atoms with Crippen molar-refractivity contribution in [2.24, 2.45) is 0 Å². The van der Waals surface area contributed by atoms with Crippen LogP contribution in [-0.2, 0) is 9.53 Å². The van der Waals surface area contributed by atoms with Gasteiger partial charge >= 0.3 is 0 Å². The first-order chi connectivity index (χ1) is 8.20. The highest BCUT2D eigenvalue weighted by Gasteiger charge is 2.25. The van der Waals surface area contributed by atoms with Gasteiger partial charge in [0.1, 0.15) is 5.82 Å². The van der Waals surface area contributed by atoms with Crippen LogP contribution in [0.5, 0.6) is 0 Å². The van der Waals surface area contributed by atoms with E-state index in [9.17, 15) is 9.18 Å². The average molecular weight is 237 g/mol. The molecule has 1 aliphatic heterocycles. The van der Waals surface area contributed by atoms with Crippen molar-refractivity contribution >= 4 is 5.91 Å². The average Bonchev–Trinajstić information content (AvgIpc) is 2.39. The molecule has 1 aromatic rings. The molecule has 0 bridgehead atoms. The van der Waals surface area contributed by atoms with Crippen molar-refractivity contribution in [2.45, 2.75) is 12.8 Å². The van der Waals surface area contributed by atoms with E-state index < -0.39 is 5.92 Å². The van der Waals surface area contributed by atoms with Gasteiger partial charge in [-0.3, -0.25) is 4.79 Å². The molecule has 1 atom stereocenters. The second-order valence-corrected chi connectivity index (χ2v) is 4.18. The predicted octanol–water partition coefficient (Wildman–Crippen LogP) is 1.79. The molecule has 2 rings (SSSR count). The van der Waals surface area contributed by atoms with Crippen LogP contribution in [0.25, 0.3) is 0 Å². The van der Waals surface area contributed by atoms with E-state index in [1.54, 1.807) is 30.0 Å². The van der Waals surface area contributed by atoms with Crippen molar-refractivity contribution in [2.75, 3.05) is 26.3 Å². The molecule has 1 aromatic carbocycles. The van der Waals surface area contributed by atoms with Crippen molar-refractivity contribution in [1.29, 1.82) is 0 Å². The van der Waals surface area contributed by atoms with Gasteiger partial charge in [0.25, 0.3) is 0 Å². The fourth-order valence-electron chi connectivity index (χ4n) is 2.02. The maximum Gasteiger partial charge on any atom is 0.230 e. The van der Waals surface area contributed by atoms with Crippen LogP contribution in [0, 0.1) is 5.82 Å². The lowest BCUT2D eigenvalue weighted by atomic mass is 9.99. The molecule has 92 valence electrons. The Kier molecular flexibility index (Phi) is 3.74. The maximum absolute atomic E-state index is 13.6. The summed E-state index contributed by atoms with van der Waals surface area (Å²) in [6.45, 7) is 4.07. The van der Waals surface area contributed by atoms with E-state index in [1.807, 2.05) is 0 Å². The van der Waals surface area contributed by atoms with E-state index in [2.05, 4.69) is 0 Å². The molecule has 1 saturated heterocycles. The fourth-order valence-corrected chi connectivity index (χ4v) is 2.02. The van der Waals surface area contributed by atoms with Gasteiger partial charge in [0.2, 0.25) is 5.91 Å². The first kappa shape index (κ1) is 12.0. The standard InChI is InChI=1S/C13H16FNO2/c1-10(11-4-2-3-5-12(11)14)13(16)15-6-8-17-9-7-15/h2-5,10H,6-9H2,1H3. The highest BCUT2D eigenvalue weighted by Crippen LogP contribution is 2.21. The number of benzene rings is 1. The van der Waals surface area contributed by atoms with Gasteiger partial charge in [-0.15, -0.1) is 0 Å². The molecule has 0 aliphatic carbocycles. The van der Waals surface area contributed by atoms with E-state index in [1.165, 1.54) is 6.07 Å². The Morgan fingerprint density at radius 3 is 2.65 bits per heavy atom. The third-order valence-corrected chi connectivity index (χ3v) is 3.06. The minimum Gasteiger partial charge on any atom is -0.378 e. The molecule has 0 radical (unpaired) electrons. The minimum absolute atomic E-state index is 0.0293. The van der Waals surface area contributed by atoms with Gasteiger partial charge in [0.05, 0.1) is 19.1 Å². The number of nitrogens with zero attached hydrogens (tertiary/aromatic N) is 1. The Labute approximate surface area is 100 Å². The number of halogens is 1. The van der Waals surface area contributed by atoms with Gasteiger partial charge < -0.3 is 9.64 Å². The number of hydrogen-bond acceptors (Lipinski definition) is 2. The van der Waals surface area contributed by atoms with Crippen LogP contribution in [-0.4, -0.2) is 37.1 Å². The number of ether oxygens (including phenoxy) is 1. The van der Waals surface area contributed by atoms with Gasteiger partial charge in [-0.05, 0) is 18.6 Å². The second kappa shape index (κ2) is 5.27. The Hall–Kier alpha value is -1.42. The SMILES string of the molecule is CC(C(=O)N1CCOCC1)c1ccccc1F. The highest BCUT2D eigenvalue weighted by molar-refractivity contribution is 5.83. The summed E-state index contributed by atoms with van der Waals surface area (Å²) in [5.74, 6) is -0.783. The second-order valence-electron chi connectivity index (χ2n) is 4.18. The highest BCUT2D eigenvalue weighted by atomic mass is 19.1. The topological polar surface area (TPSA) is 29.5 Å². The van der Waals surface area contributed by atoms with Crippen LogP contribution < -0.4 is 0 Å². The molecule has 0 saturated carbocycles. The van der Waals surface area contributed by atoms with Crippen molar-refractivity contribution in [3.63, 3.8) is 0 Å². The third kappa shape index (κ3) is 2.64. The van der Waals surface area contributed by atoms with Gasteiger partial charge in [0, 0.05) is 13.1 Å². The summed E-state index contributed by atoms with van der Waals surface area (Å²) in [7, 11) is 0. The first-order valence-electron chi connectivity index (χ1n) is 5.81. The van der Waals surface area contributed by atoms with Crippen molar-refractivity contribution < 1.29 is 13.9 Å². The molecule has 3 nitrogen and oxygen atoms in total. The summed E-state index contributed by atoms with van der Waals surface area (Å²) in [5, 5.41) is 0. The maximum atomic E-state index is 13.6. The number of carbonyl (C=O) groups is 1. The lowest BCUT2D eigenvalue weighted by Crippen LogP contribution is -2.42.